The van der Waals surface area contributed by atoms with Gasteiger partial charge >= 0.3 is 12.1 Å². The minimum atomic E-state index is -4.92. The Morgan fingerprint density at radius 2 is 1.74 bits per heavy atom. The number of carboxylic acid groups (broad SMARTS) is 1. The summed E-state index contributed by atoms with van der Waals surface area (Å²) in [5.74, 6) is -0.225. The normalized spacial score (nSPS) is 13.8. The third-order valence-corrected chi connectivity index (χ3v) is 9.03. The number of pyridine rings is 1. The number of ether oxygens (including phenoxy) is 2. The topological polar surface area (TPSA) is 121 Å². The zero-order chi connectivity index (χ0) is 35.6. The first-order valence-electron chi connectivity index (χ1n) is 16.2. The molecule has 0 bridgehead atoms. The smallest absolute Gasteiger partial charge is 0.417 e. The summed E-state index contributed by atoms with van der Waals surface area (Å²) < 4.78 is 54.9. The van der Waals surface area contributed by atoms with Crippen molar-refractivity contribution in [2.75, 3.05) is 32.8 Å². The molecule has 50 heavy (non-hydrogen) atoms. The van der Waals surface area contributed by atoms with E-state index >= 15 is 0 Å². The number of halogens is 3. The van der Waals surface area contributed by atoms with E-state index in [2.05, 4.69) is 9.88 Å². The van der Waals surface area contributed by atoms with Gasteiger partial charge < -0.3 is 24.1 Å². The minimum Gasteiger partial charge on any atom is -0.477 e. The summed E-state index contributed by atoms with van der Waals surface area (Å²) in [6.45, 7) is 7.62. The van der Waals surface area contributed by atoms with Crippen LogP contribution in [0.15, 0.2) is 71.5 Å². The van der Waals surface area contributed by atoms with Gasteiger partial charge in [-0.3, -0.25) is 9.69 Å². The summed E-state index contributed by atoms with van der Waals surface area (Å²) in [4.78, 5) is 30.8. The highest BCUT2D eigenvalue weighted by molar-refractivity contribution is 5.98. The van der Waals surface area contributed by atoms with Crippen LogP contribution in [0.1, 0.15) is 50.3 Å². The molecular formula is C38H35F3N4O5. The van der Waals surface area contributed by atoms with Crippen LogP contribution in [-0.2, 0) is 23.9 Å². The fraction of sp³-hybridized carbons (Fsp3) is 0.289. The number of benzene rings is 3. The van der Waals surface area contributed by atoms with Crippen molar-refractivity contribution >= 4 is 16.9 Å². The standard InChI is InChI=1S/C38H35F3N4O5/c1-23-5-6-26(24(2)18-23)22-45-34(20-32(38(39,40)41)31(21-42)36(45)46)25-7-9-27(10-8-25)50-28-11-12-33-30(19-28)29(35(43-33)37(47)48)4-3-13-44-14-16-49-17-15-44/h5-12,18-20,43H,3-4,13-17,22H2,1-2H3,(H,47,48). The van der Waals surface area contributed by atoms with Gasteiger partial charge in [-0.25, -0.2) is 4.79 Å². The molecule has 2 aromatic heterocycles. The quantitative estimate of drug-likeness (QED) is 0.158. The lowest BCUT2D eigenvalue weighted by Crippen LogP contribution is -2.36. The summed E-state index contributed by atoms with van der Waals surface area (Å²) >= 11 is 0. The van der Waals surface area contributed by atoms with Crippen LogP contribution in [0.3, 0.4) is 0 Å². The number of morpholine rings is 1. The van der Waals surface area contributed by atoms with Gasteiger partial charge in [0.05, 0.1) is 31.0 Å². The van der Waals surface area contributed by atoms with Gasteiger partial charge in [0.2, 0.25) is 0 Å². The summed E-state index contributed by atoms with van der Waals surface area (Å²) in [5, 5.41) is 20.2. The Hall–Kier alpha value is -5.38. The van der Waals surface area contributed by atoms with E-state index in [0.717, 1.165) is 54.2 Å². The molecule has 1 saturated heterocycles. The summed E-state index contributed by atoms with van der Waals surface area (Å²) in [6, 6.07) is 19.4. The van der Waals surface area contributed by atoms with Gasteiger partial charge in [0, 0.05) is 24.0 Å². The van der Waals surface area contributed by atoms with Gasteiger partial charge in [0.15, 0.2) is 0 Å². The van der Waals surface area contributed by atoms with Gasteiger partial charge in [-0.05, 0) is 104 Å². The lowest BCUT2D eigenvalue weighted by Gasteiger charge is -2.26. The summed E-state index contributed by atoms with van der Waals surface area (Å²) in [5.41, 5.74) is 1.12. The van der Waals surface area contributed by atoms with Crippen molar-refractivity contribution in [3.05, 3.63) is 116 Å². The Labute approximate surface area is 286 Å². The maximum Gasteiger partial charge on any atom is 0.417 e. The molecule has 0 spiro atoms. The third kappa shape index (κ3) is 7.29. The van der Waals surface area contributed by atoms with Crippen LogP contribution in [0.5, 0.6) is 11.5 Å². The number of nitrogens with one attached hydrogen (secondary N) is 1. The Morgan fingerprint density at radius 3 is 2.40 bits per heavy atom. The number of nitriles is 1. The highest BCUT2D eigenvalue weighted by atomic mass is 19.4. The highest BCUT2D eigenvalue weighted by Gasteiger charge is 2.36. The minimum absolute atomic E-state index is 0.00418. The van der Waals surface area contributed by atoms with Gasteiger partial charge in [-0.15, -0.1) is 0 Å². The van der Waals surface area contributed by atoms with Crippen molar-refractivity contribution in [1.82, 2.24) is 14.5 Å². The van der Waals surface area contributed by atoms with Crippen LogP contribution in [0.25, 0.3) is 22.2 Å². The number of fused-ring (bicyclic) bond motifs is 1. The van der Waals surface area contributed by atoms with E-state index in [1.807, 2.05) is 32.0 Å². The molecule has 3 heterocycles. The Morgan fingerprint density at radius 1 is 1.02 bits per heavy atom. The SMILES string of the molecule is Cc1ccc(Cn2c(-c3ccc(Oc4ccc5[nH]c(C(=O)O)c(CCCN6CCOCC6)c5c4)cc3)cc(C(F)(F)F)c(C#N)c2=O)c(C)c1. The molecule has 0 unspecified atom stereocenters. The fourth-order valence-electron chi connectivity index (χ4n) is 6.43. The van der Waals surface area contributed by atoms with E-state index in [-0.39, 0.29) is 17.9 Å². The van der Waals surface area contributed by atoms with E-state index in [1.165, 1.54) is 10.6 Å². The van der Waals surface area contributed by atoms with Crippen molar-refractivity contribution in [2.45, 2.75) is 39.4 Å². The van der Waals surface area contributed by atoms with E-state index < -0.39 is 28.8 Å². The number of hydrogen-bond acceptors (Lipinski definition) is 6. The average molecular weight is 685 g/mol. The zero-order valence-electron chi connectivity index (χ0n) is 27.6. The van der Waals surface area contributed by atoms with E-state index in [1.54, 1.807) is 42.5 Å². The van der Waals surface area contributed by atoms with Crippen LogP contribution < -0.4 is 10.3 Å². The first-order valence-corrected chi connectivity index (χ1v) is 16.2. The van der Waals surface area contributed by atoms with Gasteiger partial charge in [0.1, 0.15) is 28.8 Å². The van der Waals surface area contributed by atoms with Crippen LogP contribution in [-0.4, -0.2) is 58.4 Å². The molecule has 2 N–H and O–H groups in total. The molecule has 12 heteroatoms. The van der Waals surface area contributed by atoms with Gasteiger partial charge in [-0.1, -0.05) is 23.8 Å². The van der Waals surface area contributed by atoms with Crippen LogP contribution in [0, 0.1) is 25.2 Å². The molecule has 6 rings (SSSR count). The zero-order valence-corrected chi connectivity index (χ0v) is 27.6. The third-order valence-electron chi connectivity index (χ3n) is 9.03. The first-order chi connectivity index (χ1) is 23.9. The first kappa shape index (κ1) is 34.5. The predicted octanol–water partition coefficient (Wildman–Crippen LogP) is 7.31. The number of aryl methyl sites for hydroxylation is 3. The molecule has 1 aliphatic rings. The number of carboxylic acids is 1. The number of aromatic carboxylic acids is 1. The lowest BCUT2D eigenvalue weighted by atomic mass is 10.0. The number of H-pyrrole nitrogens is 1. The van der Waals surface area contributed by atoms with Crippen molar-refractivity contribution in [3.63, 3.8) is 0 Å². The molecule has 3 aromatic carbocycles. The fourth-order valence-corrected chi connectivity index (χ4v) is 6.43. The Bertz CT molecular complexity index is 2160. The molecule has 0 radical (unpaired) electrons. The van der Waals surface area contributed by atoms with Gasteiger partial charge in [0.25, 0.3) is 5.56 Å². The molecule has 0 atom stereocenters. The highest BCUT2D eigenvalue weighted by Crippen LogP contribution is 2.35. The van der Waals surface area contributed by atoms with Gasteiger partial charge in [-0.2, -0.15) is 18.4 Å². The summed E-state index contributed by atoms with van der Waals surface area (Å²) in [7, 11) is 0. The molecule has 0 aliphatic carbocycles. The van der Waals surface area contributed by atoms with E-state index in [9.17, 15) is 33.1 Å². The van der Waals surface area contributed by atoms with E-state index in [4.69, 9.17) is 9.47 Å². The lowest BCUT2D eigenvalue weighted by molar-refractivity contribution is -0.137. The maximum absolute atomic E-state index is 14.1. The van der Waals surface area contributed by atoms with Crippen LogP contribution in [0.2, 0.25) is 0 Å². The van der Waals surface area contributed by atoms with Crippen LogP contribution in [0.4, 0.5) is 13.2 Å². The predicted molar refractivity (Wildman–Crippen MR) is 182 cm³/mol. The number of rotatable bonds is 10. The molecule has 9 nitrogen and oxygen atoms in total. The number of aromatic amines is 1. The molecular weight excluding hydrogens is 649 g/mol. The molecule has 0 amide bonds. The largest absolute Gasteiger partial charge is 0.477 e. The molecule has 0 saturated carbocycles. The molecule has 1 fully saturated rings. The number of alkyl halides is 3. The second kappa shape index (κ2) is 14.2. The van der Waals surface area contributed by atoms with E-state index in [0.29, 0.717) is 47.8 Å². The number of hydrogen-bond donors (Lipinski definition) is 2. The second-order valence-electron chi connectivity index (χ2n) is 12.4. The maximum atomic E-state index is 14.1. The second-order valence-corrected chi connectivity index (χ2v) is 12.4. The van der Waals surface area contributed by atoms with Crippen molar-refractivity contribution in [3.8, 4) is 28.8 Å². The molecule has 1 aliphatic heterocycles. The summed E-state index contributed by atoms with van der Waals surface area (Å²) in [6.07, 6.45) is -3.61. The molecule has 5 aromatic rings. The van der Waals surface area contributed by atoms with Crippen molar-refractivity contribution < 1.29 is 32.5 Å². The number of aromatic nitrogens is 2. The number of carbonyl (C=O) groups is 1. The molecule has 258 valence electrons. The monoisotopic (exact) mass is 684 g/mol. The van der Waals surface area contributed by atoms with Crippen LogP contribution >= 0.6 is 0 Å². The Balaban J connectivity index is 1.30. The van der Waals surface area contributed by atoms with Crippen molar-refractivity contribution in [1.29, 1.82) is 5.26 Å². The number of nitrogens with zero attached hydrogens (tertiary/aromatic N) is 3. The Kier molecular flexibility index (Phi) is 9.81. The average Bonchev–Trinajstić information content (AvgIpc) is 3.45. The van der Waals surface area contributed by atoms with Crippen molar-refractivity contribution in [2.24, 2.45) is 0 Å².